The lowest BCUT2D eigenvalue weighted by Gasteiger charge is -2.10. The Morgan fingerprint density at radius 1 is 1.14 bits per heavy atom. The Labute approximate surface area is 134 Å². The zero-order valence-electron chi connectivity index (χ0n) is 12.6. The average Bonchev–Trinajstić information content (AvgIpc) is 2.91. The Morgan fingerprint density at radius 2 is 1.86 bits per heavy atom. The number of carbonyl (C=O) groups is 2. The van der Waals surface area contributed by atoms with Crippen LogP contribution in [0.1, 0.15) is 28.4 Å². The number of hydrogen-bond donors (Lipinski definition) is 1. The molecule has 1 atom stereocenters. The van der Waals surface area contributed by atoms with Gasteiger partial charge in [-0.3, -0.25) is 9.59 Å². The molecule has 0 saturated carbocycles. The summed E-state index contributed by atoms with van der Waals surface area (Å²) < 4.78 is 0. The Kier molecular flexibility index (Phi) is 4.03. The zero-order valence-corrected chi connectivity index (χ0v) is 13.4. The summed E-state index contributed by atoms with van der Waals surface area (Å²) in [5.41, 5.74) is 3.83. The van der Waals surface area contributed by atoms with Gasteiger partial charge in [-0.05, 0) is 56.2 Å². The molecule has 0 aliphatic carbocycles. The summed E-state index contributed by atoms with van der Waals surface area (Å²) >= 11 is 1.62. The van der Waals surface area contributed by atoms with Gasteiger partial charge in [0.05, 0.1) is 5.25 Å². The molecule has 22 heavy (non-hydrogen) atoms. The molecule has 0 radical (unpaired) electrons. The molecule has 2 aromatic carbocycles. The van der Waals surface area contributed by atoms with E-state index in [2.05, 4.69) is 30.4 Å². The standard InChI is InChI=1S/C18H17NO2S/c1-11-3-4-14-10-17(22-16(14)9-11)18(21)19-15-7-5-13(6-8-15)12(2)20/h3-9,17H,10H2,1-2H3,(H,19,21)/t17-/m1/s1. The van der Waals surface area contributed by atoms with Crippen LogP contribution in [-0.2, 0) is 11.2 Å². The number of rotatable bonds is 3. The SMILES string of the molecule is CC(=O)c1ccc(NC(=O)[C@H]2Cc3ccc(C)cc3S2)cc1. The maximum atomic E-state index is 12.4. The lowest BCUT2D eigenvalue weighted by molar-refractivity contribution is -0.115. The van der Waals surface area contributed by atoms with Gasteiger partial charge in [-0.15, -0.1) is 11.8 Å². The molecule has 0 bridgehead atoms. The number of thioether (sulfide) groups is 1. The van der Waals surface area contributed by atoms with Crippen LogP contribution < -0.4 is 5.32 Å². The van der Waals surface area contributed by atoms with Gasteiger partial charge in [-0.1, -0.05) is 17.7 Å². The third-order valence-corrected chi connectivity index (χ3v) is 5.05. The van der Waals surface area contributed by atoms with E-state index in [9.17, 15) is 9.59 Å². The number of anilines is 1. The lowest BCUT2D eigenvalue weighted by Crippen LogP contribution is -2.24. The summed E-state index contributed by atoms with van der Waals surface area (Å²) in [6, 6.07) is 13.3. The van der Waals surface area contributed by atoms with Gasteiger partial charge in [0, 0.05) is 16.1 Å². The van der Waals surface area contributed by atoms with Gasteiger partial charge in [-0.25, -0.2) is 0 Å². The van der Waals surface area contributed by atoms with Crippen molar-refractivity contribution >= 4 is 29.1 Å². The number of benzene rings is 2. The summed E-state index contributed by atoms with van der Waals surface area (Å²) in [4.78, 5) is 24.8. The minimum Gasteiger partial charge on any atom is -0.325 e. The summed E-state index contributed by atoms with van der Waals surface area (Å²) in [5, 5.41) is 2.84. The van der Waals surface area contributed by atoms with E-state index in [1.54, 1.807) is 36.0 Å². The van der Waals surface area contributed by atoms with Crippen molar-refractivity contribution in [1.29, 1.82) is 0 Å². The van der Waals surface area contributed by atoms with Crippen LogP contribution in [-0.4, -0.2) is 16.9 Å². The minimum absolute atomic E-state index is 0.00873. The van der Waals surface area contributed by atoms with E-state index in [0.717, 1.165) is 12.1 Å². The second kappa shape index (κ2) is 5.97. The molecule has 112 valence electrons. The normalized spacial score (nSPS) is 16.2. The van der Waals surface area contributed by atoms with Crippen LogP contribution >= 0.6 is 11.8 Å². The number of nitrogens with one attached hydrogen (secondary N) is 1. The van der Waals surface area contributed by atoms with Crippen molar-refractivity contribution in [2.24, 2.45) is 0 Å². The molecule has 4 heteroatoms. The Bertz CT molecular complexity index is 737. The van der Waals surface area contributed by atoms with E-state index in [1.165, 1.54) is 22.9 Å². The van der Waals surface area contributed by atoms with Crippen LogP contribution in [0, 0.1) is 6.92 Å². The molecule has 1 heterocycles. The van der Waals surface area contributed by atoms with Gasteiger partial charge in [-0.2, -0.15) is 0 Å². The Hall–Kier alpha value is -2.07. The molecule has 0 fully saturated rings. The van der Waals surface area contributed by atoms with E-state index >= 15 is 0 Å². The van der Waals surface area contributed by atoms with Gasteiger partial charge in [0.25, 0.3) is 0 Å². The van der Waals surface area contributed by atoms with Crippen LogP contribution in [0.2, 0.25) is 0 Å². The van der Waals surface area contributed by atoms with Gasteiger partial charge in [0.2, 0.25) is 5.91 Å². The highest BCUT2D eigenvalue weighted by Gasteiger charge is 2.28. The highest BCUT2D eigenvalue weighted by molar-refractivity contribution is 8.01. The molecule has 1 amide bonds. The second-order valence-electron chi connectivity index (χ2n) is 5.54. The number of aryl methyl sites for hydroxylation is 1. The predicted octanol–water partition coefficient (Wildman–Crippen LogP) is 3.85. The third-order valence-electron chi connectivity index (χ3n) is 3.75. The van der Waals surface area contributed by atoms with Crippen LogP contribution in [0.15, 0.2) is 47.4 Å². The van der Waals surface area contributed by atoms with Gasteiger partial charge in [0.15, 0.2) is 5.78 Å². The van der Waals surface area contributed by atoms with E-state index < -0.39 is 0 Å². The van der Waals surface area contributed by atoms with E-state index in [-0.39, 0.29) is 16.9 Å². The minimum atomic E-state index is -0.0933. The molecule has 0 unspecified atom stereocenters. The van der Waals surface area contributed by atoms with Crippen LogP contribution in [0.3, 0.4) is 0 Å². The molecule has 3 nitrogen and oxygen atoms in total. The zero-order chi connectivity index (χ0) is 15.7. The average molecular weight is 311 g/mol. The van der Waals surface area contributed by atoms with Gasteiger partial charge >= 0.3 is 0 Å². The fraction of sp³-hybridized carbons (Fsp3) is 0.222. The van der Waals surface area contributed by atoms with Crippen molar-refractivity contribution in [2.75, 3.05) is 5.32 Å². The van der Waals surface area contributed by atoms with Gasteiger partial charge < -0.3 is 5.32 Å². The maximum Gasteiger partial charge on any atom is 0.238 e. The number of fused-ring (bicyclic) bond motifs is 1. The molecule has 1 N–H and O–H groups in total. The first kappa shape index (κ1) is 14.9. The van der Waals surface area contributed by atoms with E-state index in [4.69, 9.17) is 0 Å². The first-order valence-electron chi connectivity index (χ1n) is 7.21. The highest BCUT2D eigenvalue weighted by Crippen LogP contribution is 2.38. The van der Waals surface area contributed by atoms with Crippen LogP contribution in [0.5, 0.6) is 0 Å². The molecule has 0 spiro atoms. The largest absolute Gasteiger partial charge is 0.325 e. The predicted molar refractivity (Wildman–Crippen MR) is 89.6 cm³/mol. The van der Waals surface area contributed by atoms with Crippen LogP contribution in [0.4, 0.5) is 5.69 Å². The quantitative estimate of drug-likeness (QED) is 0.876. The Morgan fingerprint density at radius 3 is 2.55 bits per heavy atom. The Balaban J connectivity index is 1.67. The molecule has 3 rings (SSSR count). The molecule has 1 aliphatic heterocycles. The van der Waals surface area contributed by atoms with Crippen LogP contribution in [0.25, 0.3) is 0 Å². The van der Waals surface area contributed by atoms with Crippen molar-refractivity contribution in [2.45, 2.75) is 30.4 Å². The number of ketones is 1. The summed E-state index contributed by atoms with van der Waals surface area (Å²) in [6.07, 6.45) is 0.762. The lowest BCUT2D eigenvalue weighted by atomic mass is 10.1. The number of hydrogen-bond acceptors (Lipinski definition) is 3. The maximum absolute atomic E-state index is 12.4. The molecule has 0 aromatic heterocycles. The summed E-state index contributed by atoms with van der Waals surface area (Å²) in [6.45, 7) is 3.59. The monoisotopic (exact) mass is 311 g/mol. The van der Waals surface area contributed by atoms with E-state index in [0.29, 0.717) is 5.56 Å². The second-order valence-corrected chi connectivity index (χ2v) is 6.79. The van der Waals surface area contributed by atoms with Crippen molar-refractivity contribution in [3.63, 3.8) is 0 Å². The first-order chi connectivity index (χ1) is 10.5. The number of amides is 1. The van der Waals surface area contributed by atoms with E-state index in [1.807, 2.05) is 0 Å². The molecular weight excluding hydrogens is 294 g/mol. The number of carbonyl (C=O) groups excluding carboxylic acids is 2. The van der Waals surface area contributed by atoms with Crippen molar-refractivity contribution in [3.8, 4) is 0 Å². The topological polar surface area (TPSA) is 46.2 Å². The molecule has 1 aliphatic rings. The molecular formula is C18H17NO2S. The summed E-state index contributed by atoms with van der Waals surface area (Å²) in [7, 11) is 0. The van der Waals surface area contributed by atoms with Crippen molar-refractivity contribution in [3.05, 3.63) is 59.2 Å². The number of Topliss-reactive ketones (excluding diaryl/α,β-unsaturated/α-hetero) is 1. The van der Waals surface area contributed by atoms with Crippen molar-refractivity contribution < 1.29 is 9.59 Å². The fourth-order valence-corrected chi connectivity index (χ4v) is 3.78. The first-order valence-corrected chi connectivity index (χ1v) is 8.09. The highest BCUT2D eigenvalue weighted by atomic mass is 32.2. The smallest absolute Gasteiger partial charge is 0.238 e. The molecule has 2 aromatic rings. The fourth-order valence-electron chi connectivity index (χ4n) is 2.49. The third kappa shape index (κ3) is 3.07. The molecule has 0 saturated heterocycles. The summed E-state index contributed by atoms with van der Waals surface area (Å²) in [5.74, 6) is 0.0319. The van der Waals surface area contributed by atoms with Gasteiger partial charge in [0.1, 0.15) is 0 Å². The van der Waals surface area contributed by atoms with Crippen molar-refractivity contribution in [1.82, 2.24) is 0 Å².